The minimum atomic E-state index is -7.01. The average Bonchev–Trinajstić information content (AvgIpc) is 2.49. The van der Waals surface area contributed by atoms with Crippen LogP contribution in [0, 0.1) is 0 Å². The molecule has 0 N–H and O–H groups in total. The molecule has 0 aliphatic rings. The van der Waals surface area contributed by atoms with Crippen molar-refractivity contribution in [2.45, 2.75) is 48.3 Å². The van der Waals surface area contributed by atoms with E-state index < -0.39 is 55.1 Å². The van der Waals surface area contributed by atoms with E-state index in [2.05, 4.69) is 9.47 Å². The van der Waals surface area contributed by atoms with Gasteiger partial charge in [-0.25, -0.2) is 13.2 Å². The molecule has 0 spiro atoms. The third-order valence-electron chi connectivity index (χ3n) is 2.86. The van der Waals surface area contributed by atoms with Crippen molar-refractivity contribution in [3.63, 3.8) is 0 Å². The molecule has 0 aliphatic heterocycles. The Morgan fingerprint density at radius 3 is 0.806 bits per heavy atom. The van der Waals surface area contributed by atoms with E-state index in [1.54, 1.807) is 0 Å². The summed E-state index contributed by atoms with van der Waals surface area (Å²) in [6.45, 7) is -2.72. The third kappa shape index (κ3) is 5.69. The first kappa shape index (κ1) is 31.8. The van der Waals surface area contributed by atoms with Gasteiger partial charge in [0.2, 0.25) is 0 Å². The van der Waals surface area contributed by atoms with Crippen molar-refractivity contribution in [1.82, 2.24) is 0 Å². The van der Waals surface area contributed by atoms with Crippen LogP contribution in [0.1, 0.15) is 0 Å². The molecular formula is C10H5F19O2. The number of methoxy groups -OCH3 is 1. The van der Waals surface area contributed by atoms with Crippen LogP contribution < -0.4 is 0 Å². The van der Waals surface area contributed by atoms with Gasteiger partial charge in [0.25, 0.3) is 0 Å². The van der Waals surface area contributed by atoms with Crippen molar-refractivity contribution in [3.05, 3.63) is 0 Å². The average molecular weight is 518 g/mol. The van der Waals surface area contributed by atoms with Gasteiger partial charge >= 0.3 is 48.3 Å². The van der Waals surface area contributed by atoms with E-state index in [-0.39, 0.29) is 7.11 Å². The van der Waals surface area contributed by atoms with E-state index in [9.17, 15) is 83.4 Å². The van der Waals surface area contributed by atoms with E-state index in [1.807, 2.05) is 0 Å². The summed E-state index contributed by atoms with van der Waals surface area (Å²) in [6.07, 6.45) is -40.2. The molecule has 2 nitrogen and oxygen atoms in total. The van der Waals surface area contributed by atoms with Crippen LogP contribution in [0.2, 0.25) is 0 Å². The predicted octanol–water partition coefficient (Wildman–Crippen LogP) is 6.41. The molecule has 0 unspecified atom stereocenters. The molecule has 0 aromatic heterocycles. The van der Waals surface area contributed by atoms with Crippen molar-refractivity contribution >= 4 is 0 Å². The highest BCUT2D eigenvalue weighted by atomic mass is 19.4. The van der Waals surface area contributed by atoms with Gasteiger partial charge in [-0.3, -0.25) is 4.74 Å². The van der Waals surface area contributed by atoms with E-state index in [0.29, 0.717) is 0 Å². The minimum Gasteiger partial charge on any atom is -0.321 e. The molecule has 0 saturated carbocycles. The first-order valence-electron chi connectivity index (χ1n) is 6.27. The summed E-state index contributed by atoms with van der Waals surface area (Å²) >= 11 is 0. The van der Waals surface area contributed by atoms with Crippen LogP contribution in [-0.4, -0.2) is 62.2 Å². The fourth-order valence-electron chi connectivity index (χ4n) is 1.29. The molecule has 0 aromatic rings. The zero-order valence-corrected chi connectivity index (χ0v) is 13.7. The molecule has 0 atom stereocenters. The second kappa shape index (κ2) is 8.85. The fourth-order valence-corrected chi connectivity index (χ4v) is 1.29. The number of ether oxygens (including phenoxy) is 2. The van der Waals surface area contributed by atoms with E-state index in [0.717, 1.165) is 0 Å². The lowest BCUT2D eigenvalue weighted by Gasteiger charge is -2.34. The Morgan fingerprint density at radius 1 is 0.452 bits per heavy atom. The molecule has 0 heterocycles. The Bertz CT molecular complexity index is 538. The fraction of sp³-hybridized carbons (Fsp3) is 1.00. The van der Waals surface area contributed by atoms with Crippen molar-refractivity contribution in [2.24, 2.45) is 0 Å². The highest BCUT2D eigenvalue weighted by Gasteiger charge is 2.86. The highest BCUT2D eigenvalue weighted by Crippen LogP contribution is 2.55. The maximum Gasteiger partial charge on any atom is 0.440 e. The van der Waals surface area contributed by atoms with Gasteiger partial charge in [0.15, 0.2) is 6.86 Å². The van der Waals surface area contributed by atoms with Crippen LogP contribution in [0.3, 0.4) is 0 Å². The van der Waals surface area contributed by atoms with Crippen LogP contribution in [0.4, 0.5) is 83.4 Å². The monoisotopic (exact) mass is 518 g/mol. The normalized spacial score (nSPS) is 15.5. The lowest BCUT2D eigenvalue weighted by Crippen LogP contribution is -2.65. The summed E-state index contributed by atoms with van der Waals surface area (Å²) in [5.41, 5.74) is -13.7. The standard InChI is InChI=1S/C5H2F10O.C5H3F9O/c6-1-16-5(14,15)2(7,3(8,9)10)4(11,12)13;1-15-5(13,14)2(6,3(7,8)9)4(10,11)12/h1H2;1H3. The molecule has 0 aromatic carbocycles. The molecular weight excluding hydrogens is 513 g/mol. The Kier molecular flexibility index (Phi) is 9.07. The Balaban J connectivity index is 0. The quantitative estimate of drug-likeness (QED) is 0.392. The zero-order valence-electron chi connectivity index (χ0n) is 13.7. The second-order valence-electron chi connectivity index (χ2n) is 4.80. The summed E-state index contributed by atoms with van der Waals surface area (Å²) < 4.78 is 229. The smallest absolute Gasteiger partial charge is 0.321 e. The van der Waals surface area contributed by atoms with Crippen LogP contribution in [0.15, 0.2) is 0 Å². The van der Waals surface area contributed by atoms with Gasteiger partial charge in [0, 0.05) is 7.11 Å². The van der Waals surface area contributed by atoms with Gasteiger partial charge in [-0.1, -0.05) is 0 Å². The van der Waals surface area contributed by atoms with Crippen LogP contribution in [-0.2, 0) is 9.47 Å². The van der Waals surface area contributed by atoms with Gasteiger partial charge < -0.3 is 4.74 Å². The predicted molar refractivity (Wildman–Crippen MR) is 55.9 cm³/mol. The number of alkyl halides is 19. The summed E-state index contributed by atoms with van der Waals surface area (Å²) in [5.74, 6) is 0. The molecule has 0 amide bonds. The molecule has 0 saturated heterocycles. The topological polar surface area (TPSA) is 18.5 Å². The summed E-state index contributed by atoms with van der Waals surface area (Å²) in [7, 11) is -0.175. The summed E-state index contributed by atoms with van der Waals surface area (Å²) in [4.78, 5) is 0. The largest absolute Gasteiger partial charge is 0.440 e. The Labute approximate surface area is 156 Å². The van der Waals surface area contributed by atoms with Crippen LogP contribution in [0.5, 0.6) is 0 Å². The van der Waals surface area contributed by atoms with E-state index in [1.165, 1.54) is 0 Å². The van der Waals surface area contributed by atoms with Crippen LogP contribution in [0.25, 0.3) is 0 Å². The first-order chi connectivity index (χ1) is 13.1. The molecule has 0 bridgehead atoms. The molecule has 31 heavy (non-hydrogen) atoms. The molecule has 190 valence electrons. The Hall–Kier alpha value is -1.41. The SMILES string of the molecule is COC(F)(F)C(F)(C(F)(F)F)C(F)(F)F.FCOC(F)(F)C(F)(C(F)(F)F)C(F)(F)F. The van der Waals surface area contributed by atoms with Gasteiger partial charge in [0.05, 0.1) is 0 Å². The molecule has 0 fully saturated rings. The molecule has 0 radical (unpaired) electrons. The summed E-state index contributed by atoms with van der Waals surface area (Å²) in [6, 6.07) is 0. The number of hydrogen-bond donors (Lipinski definition) is 0. The minimum absolute atomic E-state index is 0.175. The zero-order chi connectivity index (χ0) is 26.1. The highest BCUT2D eigenvalue weighted by molar-refractivity contribution is 5.02. The van der Waals surface area contributed by atoms with Crippen molar-refractivity contribution in [3.8, 4) is 0 Å². The van der Waals surface area contributed by atoms with E-state index >= 15 is 0 Å². The Morgan fingerprint density at radius 2 is 0.677 bits per heavy atom. The number of rotatable bonds is 5. The van der Waals surface area contributed by atoms with Crippen molar-refractivity contribution in [2.75, 3.05) is 14.0 Å². The molecule has 0 aliphatic carbocycles. The second-order valence-corrected chi connectivity index (χ2v) is 4.80. The van der Waals surface area contributed by atoms with Crippen LogP contribution >= 0.6 is 0 Å². The van der Waals surface area contributed by atoms with E-state index in [4.69, 9.17) is 0 Å². The molecule has 21 heteroatoms. The maximum absolute atomic E-state index is 12.5. The lowest BCUT2D eigenvalue weighted by molar-refractivity contribution is -0.452. The molecule has 0 rings (SSSR count). The maximum atomic E-state index is 12.5. The lowest BCUT2D eigenvalue weighted by atomic mass is 10.0. The first-order valence-corrected chi connectivity index (χ1v) is 6.27. The number of halogens is 19. The van der Waals surface area contributed by atoms with Crippen molar-refractivity contribution in [1.29, 1.82) is 0 Å². The summed E-state index contributed by atoms with van der Waals surface area (Å²) in [5, 5.41) is 0. The number of hydrogen-bond acceptors (Lipinski definition) is 2. The van der Waals surface area contributed by atoms with Gasteiger partial charge in [0.1, 0.15) is 0 Å². The third-order valence-corrected chi connectivity index (χ3v) is 2.86. The van der Waals surface area contributed by atoms with Gasteiger partial charge in [-0.2, -0.15) is 70.2 Å². The van der Waals surface area contributed by atoms with Gasteiger partial charge in [-0.15, -0.1) is 0 Å². The van der Waals surface area contributed by atoms with Crippen molar-refractivity contribution < 1.29 is 92.9 Å². The van der Waals surface area contributed by atoms with Gasteiger partial charge in [-0.05, 0) is 0 Å².